The molecule has 0 unspecified atom stereocenters. The van der Waals surface area contributed by atoms with E-state index in [-0.39, 0.29) is 0 Å². The van der Waals surface area contributed by atoms with Crippen LogP contribution in [0.5, 0.6) is 5.75 Å². The van der Waals surface area contributed by atoms with Crippen LogP contribution in [0.4, 0.5) is 0 Å². The summed E-state index contributed by atoms with van der Waals surface area (Å²) in [5.41, 5.74) is 0.615. The van der Waals surface area contributed by atoms with Crippen molar-refractivity contribution in [2.45, 2.75) is 0 Å². The van der Waals surface area contributed by atoms with E-state index < -0.39 is 0 Å². The topological polar surface area (TPSA) is 35.5 Å². The van der Waals surface area contributed by atoms with E-state index in [4.69, 9.17) is 9.47 Å². The van der Waals surface area contributed by atoms with Crippen molar-refractivity contribution in [1.29, 1.82) is 0 Å². The van der Waals surface area contributed by atoms with Gasteiger partial charge in [-0.1, -0.05) is 0 Å². The van der Waals surface area contributed by atoms with Gasteiger partial charge in [0.05, 0.1) is 6.61 Å². The lowest BCUT2D eigenvalue weighted by Crippen LogP contribution is -2.04. The van der Waals surface area contributed by atoms with Crippen LogP contribution in [0.15, 0.2) is 22.7 Å². The van der Waals surface area contributed by atoms with Crippen LogP contribution in [0.1, 0.15) is 10.4 Å². The molecule has 0 aliphatic heterocycles. The largest absolute Gasteiger partial charge is 0.491 e. The van der Waals surface area contributed by atoms with Gasteiger partial charge in [0.1, 0.15) is 12.4 Å². The molecular weight excluding hydrogens is 248 g/mol. The molecule has 0 spiro atoms. The van der Waals surface area contributed by atoms with Crippen molar-refractivity contribution in [1.82, 2.24) is 0 Å². The fourth-order valence-corrected chi connectivity index (χ4v) is 1.39. The van der Waals surface area contributed by atoms with Crippen molar-refractivity contribution in [3.63, 3.8) is 0 Å². The summed E-state index contributed by atoms with van der Waals surface area (Å²) in [5, 5.41) is 0. The van der Waals surface area contributed by atoms with Gasteiger partial charge in [0.25, 0.3) is 0 Å². The minimum atomic E-state index is 0.503. The Morgan fingerprint density at radius 2 is 2.21 bits per heavy atom. The third-order valence-corrected chi connectivity index (χ3v) is 2.34. The van der Waals surface area contributed by atoms with E-state index in [0.29, 0.717) is 18.8 Å². The second kappa shape index (κ2) is 5.78. The van der Waals surface area contributed by atoms with Gasteiger partial charge >= 0.3 is 0 Å². The van der Waals surface area contributed by atoms with Crippen LogP contribution in [-0.4, -0.2) is 26.6 Å². The standard InChI is InChI=1S/C10H11BrO3/c1-13-4-5-14-9-3-2-8(7-12)10(11)6-9/h2-3,6-7H,4-5H2,1H3. The summed E-state index contributed by atoms with van der Waals surface area (Å²) in [6.45, 7) is 1.05. The summed E-state index contributed by atoms with van der Waals surface area (Å²) in [6, 6.07) is 5.22. The third-order valence-electron chi connectivity index (χ3n) is 1.66. The summed E-state index contributed by atoms with van der Waals surface area (Å²) < 4.78 is 10.9. The van der Waals surface area contributed by atoms with Gasteiger partial charge in [-0.15, -0.1) is 0 Å². The van der Waals surface area contributed by atoms with E-state index in [0.717, 1.165) is 16.5 Å². The Labute approximate surface area is 91.1 Å². The Hall–Kier alpha value is -0.870. The van der Waals surface area contributed by atoms with E-state index in [1.165, 1.54) is 0 Å². The fraction of sp³-hybridized carbons (Fsp3) is 0.300. The Balaban J connectivity index is 2.62. The molecule has 0 heterocycles. The maximum absolute atomic E-state index is 10.5. The first-order valence-electron chi connectivity index (χ1n) is 4.14. The number of methoxy groups -OCH3 is 1. The highest BCUT2D eigenvalue weighted by Gasteiger charge is 2.00. The van der Waals surface area contributed by atoms with Gasteiger partial charge in [-0.25, -0.2) is 0 Å². The van der Waals surface area contributed by atoms with Crippen molar-refractivity contribution >= 4 is 22.2 Å². The maximum atomic E-state index is 10.5. The Bertz CT molecular complexity index is 312. The number of hydrogen-bond donors (Lipinski definition) is 0. The average Bonchev–Trinajstić information content (AvgIpc) is 2.18. The zero-order valence-corrected chi connectivity index (χ0v) is 9.41. The van der Waals surface area contributed by atoms with Crippen LogP contribution in [0.2, 0.25) is 0 Å². The molecule has 0 aromatic heterocycles. The van der Waals surface area contributed by atoms with Crippen molar-refractivity contribution in [2.75, 3.05) is 20.3 Å². The highest BCUT2D eigenvalue weighted by atomic mass is 79.9. The van der Waals surface area contributed by atoms with E-state index in [1.54, 1.807) is 25.3 Å². The highest BCUT2D eigenvalue weighted by molar-refractivity contribution is 9.10. The lowest BCUT2D eigenvalue weighted by molar-refractivity contribution is 0.112. The number of hydrogen-bond acceptors (Lipinski definition) is 3. The third kappa shape index (κ3) is 3.12. The van der Waals surface area contributed by atoms with Gasteiger partial charge in [-0.05, 0) is 34.1 Å². The molecule has 0 fully saturated rings. The van der Waals surface area contributed by atoms with Crippen molar-refractivity contribution < 1.29 is 14.3 Å². The number of carbonyl (C=O) groups excluding carboxylic acids is 1. The predicted molar refractivity (Wildman–Crippen MR) is 56.9 cm³/mol. The first-order chi connectivity index (χ1) is 6.77. The van der Waals surface area contributed by atoms with Crippen molar-refractivity contribution in [2.24, 2.45) is 0 Å². The van der Waals surface area contributed by atoms with Crippen LogP contribution in [-0.2, 0) is 4.74 Å². The SMILES string of the molecule is COCCOc1ccc(C=O)c(Br)c1. The average molecular weight is 259 g/mol. The zero-order valence-electron chi connectivity index (χ0n) is 7.83. The second-order valence-corrected chi connectivity index (χ2v) is 3.50. The van der Waals surface area contributed by atoms with Gasteiger partial charge in [0.2, 0.25) is 0 Å². The van der Waals surface area contributed by atoms with E-state index in [2.05, 4.69) is 15.9 Å². The maximum Gasteiger partial charge on any atom is 0.151 e. The summed E-state index contributed by atoms with van der Waals surface area (Å²) >= 11 is 3.27. The van der Waals surface area contributed by atoms with Crippen LogP contribution < -0.4 is 4.74 Å². The first kappa shape index (κ1) is 11.2. The van der Waals surface area contributed by atoms with Gasteiger partial charge < -0.3 is 9.47 Å². The number of rotatable bonds is 5. The molecule has 1 rings (SSSR count). The molecule has 3 nitrogen and oxygen atoms in total. The van der Waals surface area contributed by atoms with E-state index in [9.17, 15) is 4.79 Å². The quantitative estimate of drug-likeness (QED) is 0.601. The zero-order chi connectivity index (χ0) is 10.4. The minimum absolute atomic E-state index is 0.503. The molecular formula is C10H11BrO3. The van der Waals surface area contributed by atoms with Crippen molar-refractivity contribution in [3.05, 3.63) is 28.2 Å². The summed E-state index contributed by atoms with van der Waals surface area (Å²) in [5.74, 6) is 0.722. The number of carbonyl (C=O) groups is 1. The van der Waals surface area contributed by atoms with Crippen molar-refractivity contribution in [3.8, 4) is 5.75 Å². The number of ether oxygens (including phenoxy) is 2. The van der Waals surface area contributed by atoms with E-state index >= 15 is 0 Å². The van der Waals surface area contributed by atoms with Crippen LogP contribution in [0.3, 0.4) is 0 Å². The number of halogens is 1. The summed E-state index contributed by atoms with van der Waals surface area (Å²) in [7, 11) is 1.62. The summed E-state index contributed by atoms with van der Waals surface area (Å²) in [4.78, 5) is 10.5. The monoisotopic (exact) mass is 258 g/mol. The molecule has 0 amide bonds. The number of benzene rings is 1. The first-order valence-corrected chi connectivity index (χ1v) is 4.93. The minimum Gasteiger partial charge on any atom is -0.491 e. The van der Waals surface area contributed by atoms with Gasteiger partial charge in [0.15, 0.2) is 6.29 Å². The van der Waals surface area contributed by atoms with Gasteiger partial charge in [-0.3, -0.25) is 4.79 Å². The second-order valence-electron chi connectivity index (χ2n) is 2.64. The molecule has 4 heteroatoms. The Kier molecular flexibility index (Phi) is 4.62. The van der Waals surface area contributed by atoms with Gasteiger partial charge in [0, 0.05) is 17.1 Å². The smallest absolute Gasteiger partial charge is 0.151 e. The highest BCUT2D eigenvalue weighted by Crippen LogP contribution is 2.21. The molecule has 0 aliphatic carbocycles. The molecule has 0 aliphatic rings. The van der Waals surface area contributed by atoms with E-state index in [1.807, 2.05) is 0 Å². The van der Waals surface area contributed by atoms with Gasteiger partial charge in [-0.2, -0.15) is 0 Å². The fourth-order valence-electron chi connectivity index (χ4n) is 0.936. The lowest BCUT2D eigenvalue weighted by Gasteiger charge is -2.06. The van der Waals surface area contributed by atoms with Crippen LogP contribution in [0.25, 0.3) is 0 Å². The predicted octanol–water partition coefficient (Wildman–Crippen LogP) is 2.29. The molecule has 0 radical (unpaired) electrons. The normalized spacial score (nSPS) is 9.86. The molecule has 0 N–H and O–H groups in total. The molecule has 0 atom stereocenters. The molecule has 1 aromatic carbocycles. The molecule has 0 bridgehead atoms. The Morgan fingerprint density at radius 1 is 1.43 bits per heavy atom. The molecule has 0 saturated heterocycles. The van der Waals surface area contributed by atoms with Crippen LogP contribution in [0, 0.1) is 0 Å². The Morgan fingerprint density at radius 3 is 2.79 bits per heavy atom. The molecule has 0 saturated carbocycles. The molecule has 1 aromatic rings. The molecule has 14 heavy (non-hydrogen) atoms. The van der Waals surface area contributed by atoms with Crippen LogP contribution >= 0.6 is 15.9 Å². The number of aldehydes is 1. The summed E-state index contributed by atoms with van der Waals surface area (Å²) in [6.07, 6.45) is 0.795. The lowest BCUT2D eigenvalue weighted by atomic mass is 10.2. The molecule has 76 valence electrons.